The van der Waals surface area contributed by atoms with Gasteiger partial charge in [-0.25, -0.2) is 9.59 Å². The molecule has 154 valence electrons. The molecule has 0 saturated heterocycles. The molecule has 0 N–H and O–H groups in total. The van der Waals surface area contributed by atoms with Gasteiger partial charge in [-0.1, -0.05) is 50.3 Å². The van der Waals surface area contributed by atoms with Crippen LogP contribution in [0.4, 0.5) is 0 Å². The van der Waals surface area contributed by atoms with Gasteiger partial charge in [-0.3, -0.25) is 0 Å². The van der Waals surface area contributed by atoms with E-state index >= 15 is 0 Å². The Labute approximate surface area is 177 Å². The molecular formula is C26H26O4. The fraction of sp³-hybridized carbons (Fsp3) is 0.308. The molecule has 0 aliphatic heterocycles. The standard InChI is InChI=1S/C26H26O4/c1-26(2)22(16-8-5-10-18(14-16)24(27)29-3)20-12-7-13-21(20)23(26)17-9-6-11-19(15-17)25(28)30-4/h5-12,14-15,20-21H,13H2,1-4H3. The predicted octanol–water partition coefficient (Wildman–Crippen LogP) is 5.04. The van der Waals surface area contributed by atoms with Crippen LogP contribution in [-0.2, 0) is 9.47 Å². The van der Waals surface area contributed by atoms with Crippen LogP contribution < -0.4 is 0 Å². The predicted molar refractivity (Wildman–Crippen MR) is 115 cm³/mol. The summed E-state index contributed by atoms with van der Waals surface area (Å²) in [7, 11) is 2.80. The summed E-state index contributed by atoms with van der Waals surface area (Å²) < 4.78 is 9.84. The Balaban J connectivity index is 1.78. The molecule has 0 spiro atoms. The molecule has 4 nitrogen and oxygen atoms in total. The first kappa shape index (κ1) is 20.4. The summed E-state index contributed by atoms with van der Waals surface area (Å²) in [6.07, 6.45) is 5.48. The summed E-state index contributed by atoms with van der Waals surface area (Å²) >= 11 is 0. The van der Waals surface area contributed by atoms with Gasteiger partial charge in [0.05, 0.1) is 25.3 Å². The largest absolute Gasteiger partial charge is 0.465 e. The summed E-state index contributed by atoms with van der Waals surface area (Å²) in [5, 5.41) is 0. The molecule has 0 amide bonds. The highest BCUT2D eigenvalue weighted by atomic mass is 16.5. The molecule has 2 aliphatic rings. The average Bonchev–Trinajstić information content (AvgIpc) is 3.29. The minimum atomic E-state index is -0.332. The first-order chi connectivity index (χ1) is 14.4. The molecule has 4 heteroatoms. The number of ether oxygens (including phenoxy) is 2. The molecule has 0 heterocycles. The highest BCUT2D eigenvalue weighted by Gasteiger charge is 2.56. The Morgan fingerprint density at radius 1 is 0.867 bits per heavy atom. The number of esters is 2. The van der Waals surface area contributed by atoms with Gasteiger partial charge in [0.2, 0.25) is 0 Å². The zero-order valence-electron chi connectivity index (χ0n) is 17.8. The third-order valence-corrected chi connectivity index (χ3v) is 6.41. The first-order valence-corrected chi connectivity index (χ1v) is 10.2. The SMILES string of the molecule is COC(=O)c1cccc([C]2C3C=CCC3[C](c3cccc(C(=O)OC)c3)C2(C)C)c1. The van der Waals surface area contributed by atoms with Gasteiger partial charge in [0, 0.05) is 11.8 Å². The van der Waals surface area contributed by atoms with Gasteiger partial charge in [0.1, 0.15) is 0 Å². The summed E-state index contributed by atoms with van der Waals surface area (Å²) in [4.78, 5) is 24.2. The molecule has 0 aromatic heterocycles. The molecule has 2 unspecified atom stereocenters. The van der Waals surface area contributed by atoms with Crippen LogP contribution in [0.1, 0.15) is 52.1 Å². The van der Waals surface area contributed by atoms with E-state index in [0.29, 0.717) is 17.0 Å². The van der Waals surface area contributed by atoms with Crippen LogP contribution in [0.3, 0.4) is 0 Å². The van der Waals surface area contributed by atoms with E-state index in [1.54, 1.807) is 12.1 Å². The van der Waals surface area contributed by atoms with Gasteiger partial charge in [0.15, 0.2) is 0 Å². The van der Waals surface area contributed by atoms with Crippen molar-refractivity contribution in [2.75, 3.05) is 14.2 Å². The van der Waals surface area contributed by atoms with E-state index in [9.17, 15) is 9.59 Å². The smallest absolute Gasteiger partial charge is 0.337 e. The zero-order chi connectivity index (χ0) is 21.5. The molecule has 2 aromatic rings. The van der Waals surface area contributed by atoms with Crippen LogP contribution >= 0.6 is 0 Å². The fourth-order valence-electron chi connectivity index (χ4n) is 5.26. The fourth-order valence-corrected chi connectivity index (χ4v) is 5.26. The second kappa shape index (κ2) is 7.75. The lowest BCUT2D eigenvalue weighted by atomic mass is 9.68. The van der Waals surface area contributed by atoms with Crippen molar-refractivity contribution in [1.29, 1.82) is 0 Å². The lowest BCUT2D eigenvalue weighted by Gasteiger charge is -2.35. The maximum Gasteiger partial charge on any atom is 0.337 e. The number of carbonyl (C=O) groups is 2. The summed E-state index contributed by atoms with van der Waals surface area (Å²) in [5.74, 6) is 2.56. The van der Waals surface area contributed by atoms with Crippen LogP contribution in [0, 0.1) is 29.1 Å². The van der Waals surface area contributed by atoms with Crippen molar-refractivity contribution < 1.29 is 19.1 Å². The Hall–Kier alpha value is -2.88. The molecule has 1 fully saturated rings. The molecular weight excluding hydrogens is 376 g/mol. The summed E-state index contributed by atoms with van der Waals surface area (Å²) in [6, 6.07) is 15.4. The minimum absolute atomic E-state index is 0.233. The van der Waals surface area contributed by atoms with Gasteiger partial charge < -0.3 is 9.47 Å². The van der Waals surface area contributed by atoms with E-state index in [1.165, 1.54) is 26.1 Å². The van der Waals surface area contributed by atoms with E-state index in [1.807, 2.05) is 24.3 Å². The topological polar surface area (TPSA) is 52.6 Å². The van der Waals surface area contributed by atoms with Crippen LogP contribution in [0.25, 0.3) is 0 Å². The van der Waals surface area contributed by atoms with Gasteiger partial charge in [-0.15, -0.1) is 0 Å². The number of hydrogen-bond donors (Lipinski definition) is 0. The Kier molecular flexibility index (Phi) is 5.27. The maximum absolute atomic E-state index is 12.1. The molecule has 2 aliphatic carbocycles. The maximum atomic E-state index is 12.1. The molecule has 30 heavy (non-hydrogen) atoms. The zero-order valence-corrected chi connectivity index (χ0v) is 17.8. The lowest BCUT2D eigenvalue weighted by molar-refractivity contribution is 0.0592. The van der Waals surface area contributed by atoms with Crippen molar-refractivity contribution in [2.45, 2.75) is 20.3 Å². The van der Waals surface area contributed by atoms with Crippen molar-refractivity contribution in [2.24, 2.45) is 17.3 Å². The number of hydrogen-bond acceptors (Lipinski definition) is 4. The van der Waals surface area contributed by atoms with Crippen molar-refractivity contribution in [3.05, 3.63) is 94.8 Å². The van der Waals surface area contributed by atoms with Crippen molar-refractivity contribution >= 4 is 11.9 Å². The van der Waals surface area contributed by atoms with Crippen LogP contribution in [0.2, 0.25) is 0 Å². The van der Waals surface area contributed by atoms with Gasteiger partial charge >= 0.3 is 11.9 Å². The number of carbonyl (C=O) groups excluding carboxylic acids is 2. The Morgan fingerprint density at radius 2 is 1.40 bits per heavy atom. The molecule has 0 bridgehead atoms. The van der Waals surface area contributed by atoms with E-state index < -0.39 is 0 Å². The monoisotopic (exact) mass is 402 g/mol. The molecule has 2 radical (unpaired) electrons. The number of methoxy groups -OCH3 is 2. The van der Waals surface area contributed by atoms with Crippen LogP contribution in [-0.4, -0.2) is 26.2 Å². The Bertz CT molecular complexity index is 1000. The highest BCUT2D eigenvalue weighted by Crippen LogP contribution is 2.64. The van der Waals surface area contributed by atoms with E-state index in [-0.39, 0.29) is 23.3 Å². The second-order valence-electron chi connectivity index (χ2n) is 8.39. The van der Waals surface area contributed by atoms with E-state index in [0.717, 1.165) is 17.5 Å². The van der Waals surface area contributed by atoms with Crippen LogP contribution in [0.5, 0.6) is 0 Å². The lowest BCUT2D eigenvalue weighted by Crippen LogP contribution is -2.26. The third-order valence-electron chi connectivity index (χ3n) is 6.41. The highest BCUT2D eigenvalue weighted by molar-refractivity contribution is 5.90. The molecule has 2 atom stereocenters. The molecule has 4 rings (SSSR count). The number of allylic oxidation sites excluding steroid dienone is 2. The van der Waals surface area contributed by atoms with Crippen LogP contribution in [0.15, 0.2) is 60.7 Å². The number of benzene rings is 2. The summed E-state index contributed by atoms with van der Waals surface area (Å²) in [6.45, 7) is 4.47. The van der Waals surface area contributed by atoms with Gasteiger partial charge in [-0.05, 0) is 59.1 Å². The minimum Gasteiger partial charge on any atom is -0.465 e. The van der Waals surface area contributed by atoms with Crippen molar-refractivity contribution in [3.63, 3.8) is 0 Å². The van der Waals surface area contributed by atoms with E-state index in [4.69, 9.17) is 9.47 Å². The quantitative estimate of drug-likeness (QED) is 0.531. The van der Waals surface area contributed by atoms with Gasteiger partial charge in [-0.2, -0.15) is 0 Å². The van der Waals surface area contributed by atoms with Crippen molar-refractivity contribution in [3.8, 4) is 0 Å². The summed E-state index contributed by atoms with van der Waals surface area (Å²) in [5.41, 5.74) is 3.01. The normalized spacial score (nSPS) is 22.7. The number of fused-ring (bicyclic) bond motifs is 1. The molecule has 2 aromatic carbocycles. The van der Waals surface area contributed by atoms with E-state index in [2.05, 4.69) is 38.1 Å². The van der Waals surface area contributed by atoms with Gasteiger partial charge in [0.25, 0.3) is 0 Å². The Morgan fingerprint density at radius 3 is 1.93 bits per heavy atom. The third kappa shape index (κ3) is 3.24. The number of rotatable bonds is 4. The van der Waals surface area contributed by atoms with Crippen molar-refractivity contribution in [1.82, 2.24) is 0 Å². The average molecular weight is 402 g/mol. The second-order valence-corrected chi connectivity index (χ2v) is 8.39. The molecule has 1 saturated carbocycles. The first-order valence-electron chi connectivity index (χ1n) is 10.2.